The number of anilines is 1. The quantitative estimate of drug-likeness (QED) is 0.832. The number of aliphatic hydroxyl groups excluding tert-OH is 1. The summed E-state index contributed by atoms with van der Waals surface area (Å²) in [7, 11) is 0. The lowest BCUT2D eigenvalue weighted by molar-refractivity contribution is 0.302. The largest absolute Gasteiger partial charge is 0.395 e. The predicted octanol–water partition coefficient (Wildman–Crippen LogP) is 2.53. The zero-order valence-electron chi connectivity index (χ0n) is 12.3. The van der Waals surface area contributed by atoms with E-state index in [0.29, 0.717) is 25.3 Å². The SMILES string of the molecule is CCN(CCO)c1ccc(CNC(C)(C)C)cc1F. The minimum Gasteiger partial charge on any atom is -0.395 e. The Morgan fingerprint density at radius 1 is 1.32 bits per heavy atom. The van der Waals surface area contributed by atoms with Gasteiger partial charge in [-0.3, -0.25) is 0 Å². The van der Waals surface area contributed by atoms with Gasteiger partial charge in [0.25, 0.3) is 0 Å². The molecule has 0 aliphatic carbocycles. The van der Waals surface area contributed by atoms with Gasteiger partial charge in [0.05, 0.1) is 12.3 Å². The fourth-order valence-corrected chi connectivity index (χ4v) is 1.85. The van der Waals surface area contributed by atoms with Gasteiger partial charge in [-0.25, -0.2) is 4.39 Å². The minimum atomic E-state index is -0.233. The molecule has 0 amide bonds. The standard InChI is InChI=1S/C15H25FN2O/c1-5-18(8-9-19)14-7-6-12(10-13(14)16)11-17-15(2,3)4/h6-7,10,17,19H,5,8-9,11H2,1-4H3. The summed E-state index contributed by atoms with van der Waals surface area (Å²) in [6.07, 6.45) is 0. The van der Waals surface area contributed by atoms with Crippen LogP contribution in [0.15, 0.2) is 18.2 Å². The van der Waals surface area contributed by atoms with E-state index in [1.54, 1.807) is 12.1 Å². The van der Waals surface area contributed by atoms with E-state index < -0.39 is 0 Å². The summed E-state index contributed by atoms with van der Waals surface area (Å²) >= 11 is 0. The Labute approximate surface area is 115 Å². The number of rotatable bonds is 6. The second kappa shape index (κ2) is 6.87. The summed E-state index contributed by atoms with van der Waals surface area (Å²) in [5.41, 5.74) is 1.49. The number of benzene rings is 1. The normalized spacial score (nSPS) is 11.7. The van der Waals surface area contributed by atoms with Gasteiger partial charge in [0.1, 0.15) is 5.82 Å². The van der Waals surface area contributed by atoms with E-state index in [1.165, 1.54) is 0 Å². The van der Waals surface area contributed by atoms with Crippen LogP contribution in [0.3, 0.4) is 0 Å². The van der Waals surface area contributed by atoms with Crippen molar-refractivity contribution in [2.45, 2.75) is 39.8 Å². The molecule has 3 nitrogen and oxygen atoms in total. The van der Waals surface area contributed by atoms with Crippen LogP contribution in [0.5, 0.6) is 0 Å². The van der Waals surface area contributed by atoms with Crippen molar-refractivity contribution >= 4 is 5.69 Å². The third-order valence-corrected chi connectivity index (χ3v) is 2.93. The number of nitrogens with zero attached hydrogens (tertiary/aromatic N) is 1. The number of hydrogen-bond donors (Lipinski definition) is 2. The van der Waals surface area contributed by atoms with Crippen molar-refractivity contribution < 1.29 is 9.50 Å². The highest BCUT2D eigenvalue weighted by atomic mass is 19.1. The van der Waals surface area contributed by atoms with Crippen molar-refractivity contribution in [3.8, 4) is 0 Å². The molecule has 0 aliphatic heterocycles. The van der Waals surface area contributed by atoms with Crippen LogP contribution in [0, 0.1) is 5.82 Å². The third kappa shape index (κ3) is 5.17. The zero-order chi connectivity index (χ0) is 14.5. The van der Waals surface area contributed by atoms with E-state index in [1.807, 2.05) is 17.9 Å². The molecule has 1 rings (SSSR count). The molecule has 0 fully saturated rings. The van der Waals surface area contributed by atoms with E-state index >= 15 is 0 Å². The average Bonchev–Trinajstić information content (AvgIpc) is 2.33. The van der Waals surface area contributed by atoms with Gasteiger partial charge in [0.15, 0.2) is 0 Å². The summed E-state index contributed by atoms with van der Waals surface area (Å²) in [5.74, 6) is -0.233. The molecule has 0 aromatic heterocycles. The van der Waals surface area contributed by atoms with Crippen molar-refractivity contribution in [1.82, 2.24) is 5.32 Å². The van der Waals surface area contributed by atoms with Crippen LogP contribution in [0.25, 0.3) is 0 Å². The molecular weight excluding hydrogens is 243 g/mol. The Morgan fingerprint density at radius 3 is 2.47 bits per heavy atom. The van der Waals surface area contributed by atoms with Crippen LogP contribution in [0.4, 0.5) is 10.1 Å². The van der Waals surface area contributed by atoms with Crippen LogP contribution in [0.1, 0.15) is 33.3 Å². The third-order valence-electron chi connectivity index (χ3n) is 2.93. The van der Waals surface area contributed by atoms with Crippen LogP contribution < -0.4 is 10.2 Å². The van der Waals surface area contributed by atoms with Gasteiger partial charge in [-0.1, -0.05) is 6.07 Å². The molecule has 108 valence electrons. The first-order chi connectivity index (χ1) is 8.87. The van der Waals surface area contributed by atoms with E-state index in [9.17, 15) is 4.39 Å². The van der Waals surface area contributed by atoms with Crippen LogP contribution >= 0.6 is 0 Å². The van der Waals surface area contributed by atoms with Gasteiger partial charge in [0.2, 0.25) is 0 Å². The van der Waals surface area contributed by atoms with E-state index in [-0.39, 0.29) is 18.0 Å². The van der Waals surface area contributed by atoms with Gasteiger partial charge in [-0.15, -0.1) is 0 Å². The maximum atomic E-state index is 14.1. The summed E-state index contributed by atoms with van der Waals surface area (Å²) < 4.78 is 14.1. The van der Waals surface area contributed by atoms with Gasteiger partial charge in [-0.05, 0) is 45.4 Å². The molecule has 2 N–H and O–H groups in total. The Morgan fingerprint density at radius 2 is 2.00 bits per heavy atom. The molecule has 0 atom stereocenters. The first kappa shape index (κ1) is 15.9. The van der Waals surface area contributed by atoms with Gasteiger partial charge >= 0.3 is 0 Å². The molecule has 0 saturated heterocycles. The van der Waals surface area contributed by atoms with Gasteiger partial charge in [0, 0.05) is 25.2 Å². The van der Waals surface area contributed by atoms with Crippen molar-refractivity contribution in [2.75, 3.05) is 24.6 Å². The highest BCUT2D eigenvalue weighted by molar-refractivity contribution is 5.49. The monoisotopic (exact) mass is 268 g/mol. The molecule has 1 aromatic rings. The Bertz CT molecular complexity index is 402. The first-order valence-electron chi connectivity index (χ1n) is 6.76. The lowest BCUT2D eigenvalue weighted by atomic mass is 10.1. The number of aliphatic hydroxyl groups is 1. The summed E-state index contributed by atoms with van der Waals surface area (Å²) in [6, 6.07) is 5.28. The molecule has 0 spiro atoms. The molecule has 19 heavy (non-hydrogen) atoms. The highest BCUT2D eigenvalue weighted by Crippen LogP contribution is 2.20. The molecule has 0 radical (unpaired) electrons. The second-order valence-electron chi connectivity index (χ2n) is 5.69. The maximum Gasteiger partial charge on any atom is 0.146 e. The fraction of sp³-hybridized carbons (Fsp3) is 0.600. The fourth-order valence-electron chi connectivity index (χ4n) is 1.85. The zero-order valence-corrected chi connectivity index (χ0v) is 12.3. The molecule has 0 aliphatic rings. The lowest BCUT2D eigenvalue weighted by Crippen LogP contribution is -2.35. The molecule has 0 heterocycles. The maximum absolute atomic E-state index is 14.1. The molecule has 0 bridgehead atoms. The number of nitrogens with one attached hydrogen (secondary N) is 1. The van der Waals surface area contributed by atoms with Gasteiger partial charge < -0.3 is 15.3 Å². The summed E-state index contributed by atoms with van der Waals surface area (Å²) in [4.78, 5) is 1.83. The van der Waals surface area contributed by atoms with Crippen molar-refractivity contribution in [3.05, 3.63) is 29.6 Å². The topological polar surface area (TPSA) is 35.5 Å². The van der Waals surface area contributed by atoms with Gasteiger partial charge in [-0.2, -0.15) is 0 Å². The average molecular weight is 268 g/mol. The van der Waals surface area contributed by atoms with Crippen molar-refractivity contribution in [3.63, 3.8) is 0 Å². The van der Waals surface area contributed by atoms with E-state index in [2.05, 4.69) is 26.1 Å². The number of likely N-dealkylation sites (N-methyl/N-ethyl adjacent to an activating group) is 1. The Kier molecular flexibility index (Phi) is 5.76. The molecule has 0 saturated carbocycles. The van der Waals surface area contributed by atoms with E-state index in [4.69, 9.17) is 5.11 Å². The number of halogens is 1. The van der Waals surface area contributed by atoms with E-state index in [0.717, 1.165) is 5.56 Å². The number of hydrogen-bond acceptors (Lipinski definition) is 3. The summed E-state index contributed by atoms with van der Waals surface area (Å²) in [6.45, 7) is 10.00. The summed E-state index contributed by atoms with van der Waals surface area (Å²) in [5, 5.41) is 12.3. The minimum absolute atomic E-state index is 0.0154. The first-order valence-corrected chi connectivity index (χ1v) is 6.76. The predicted molar refractivity (Wildman–Crippen MR) is 78.0 cm³/mol. The second-order valence-corrected chi connectivity index (χ2v) is 5.69. The lowest BCUT2D eigenvalue weighted by Gasteiger charge is -2.24. The van der Waals surface area contributed by atoms with Crippen LogP contribution in [0.2, 0.25) is 0 Å². The smallest absolute Gasteiger partial charge is 0.146 e. The Balaban J connectivity index is 2.79. The molecular formula is C15H25FN2O. The van der Waals surface area contributed by atoms with Crippen LogP contribution in [-0.2, 0) is 6.54 Å². The van der Waals surface area contributed by atoms with Crippen LogP contribution in [-0.4, -0.2) is 30.3 Å². The Hall–Kier alpha value is -1.13. The molecule has 4 heteroatoms. The van der Waals surface area contributed by atoms with Crippen molar-refractivity contribution in [2.24, 2.45) is 0 Å². The molecule has 0 unspecified atom stereocenters. The molecule has 1 aromatic carbocycles. The van der Waals surface area contributed by atoms with Crippen molar-refractivity contribution in [1.29, 1.82) is 0 Å². The highest BCUT2D eigenvalue weighted by Gasteiger charge is 2.12.